The summed E-state index contributed by atoms with van der Waals surface area (Å²) in [6, 6.07) is 0. The van der Waals surface area contributed by atoms with Crippen molar-refractivity contribution in [2.24, 2.45) is 0 Å². The fraction of sp³-hybridized carbons (Fsp3) is 1.00. The molecule has 0 aliphatic rings. The van der Waals surface area contributed by atoms with E-state index in [2.05, 4.69) is 13.1 Å². The van der Waals surface area contributed by atoms with Crippen LogP contribution < -0.4 is 0 Å². The van der Waals surface area contributed by atoms with Crippen molar-refractivity contribution in [3.05, 3.63) is 0 Å². The maximum Gasteiger partial charge on any atom is 0.306 e. The molecule has 45 heavy (non-hydrogen) atoms. The van der Waals surface area contributed by atoms with Crippen molar-refractivity contribution < 1.29 is 62.4 Å². The molecule has 0 heterocycles. The summed E-state index contributed by atoms with van der Waals surface area (Å²) in [4.78, 5) is 9.48. The van der Waals surface area contributed by atoms with Gasteiger partial charge >= 0.3 is 9.28 Å². The molecule has 0 aliphatic heterocycles. The van der Waals surface area contributed by atoms with Gasteiger partial charge in [0, 0.05) is 0 Å². The third-order valence-electron chi connectivity index (χ3n) is 5.39. The van der Waals surface area contributed by atoms with Crippen LogP contribution in [0.4, 0.5) is 0 Å². The fourth-order valence-corrected chi connectivity index (χ4v) is 45.2. The van der Waals surface area contributed by atoms with Gasteiger partial charge in [-0.25, -0.2) is 0 Å². The summed E-state index contributed by atoms with van der Waals surface area (Å²) in [5.41, 5.74) is 0. The number of hydrogen-bond acceptors (Lipinski definition) is 15. The Bertz CT molecular complexity index is 734. The Morgan fingerprint density at radius 1 is 0.289 bits per heavy atom. The van der Waals surface area contributed by atoms with Crippen LogP contribution in [0.25, 0.3) is 0 Å². The van der Waals surface area contributed by atoms with Crippen molar-refractivity contribution >= 4 is 140 Å². The molecule has 0 amide bonds. The third kappa shape index (κ3) is 28.0. The van der Waals surface area contributed by atoms with Gasteiger partial charge in [-0.05, 0) is 91.7 Å². The first-order chi connectivity index (χ1) is 20.9. The zero-order valence-electron chi connectivity index (χ0n) is 30.0. The minimum atomic E-state index is -2.08. The third-order valence-corrected chi connectivity index (χ3v) is 48.5. The molecule has 0 saturated heterocycles. The standard InChI is InChI=1S/C15H62O15Si15/c1-31-17-33(3)19-35(5)21-37(7)23-39(9)25-41(11)27-43(13)29-45(15)30-44(14)28-42(12)26-40(10)24-38(8)22-36(6)20-34(4)18-32(2)16/h16,32-45H,31H2,1-15H3. The van der Waals surface area contributed by atoms with E-state index in [9.17, 15) is 4.80 Å². The second-order valence-electron chi connectivity index (χ2n) is 10.2. The molecule has 0 spiro atoms. The predicted molar refractivity (Wildman–Crippen MR) is 214 cm³/mol. The Morgan fingerprint density at radius 2 is 0.444 bits per heavy atom. The largest absolute Gasteiger partial charge is 0.444 e. The van der Waals surface area contributed by atoms with E-state index >= 15 is 0 Å². The summed E-state index contributed by atoms with van der Waals surface area (Å²) in [5.74, 6) is 0. The van der Waals surface area contributed by atoms with Gasteiger partial charge in [-0.15, -0.1) is 0 Å². The minimum absolute atomic E-state index is 0.449. The fourth-order valence-electron chi connectivity index (χ4n) is 4.17. The van der Waals surface area contributed by atoms with Crippen LogP contribution in [0.15, 0.2) is 0 Å². The van der Waals surface area contributed by atoms with Crippen LogP contribution in [-0.4, -0.2) is 145 Å². The first-order valence-corrected chi connectivity index (χ1v) is 47.1. The van der Waals surface area contributed by atoms with E-state index in [4.69, 9.17) is 57.6 Å². The van der Waals surface area contributed by atoms with Crippen molar-refractivity contribution in [1.29, 1.82) is 0 Å². The van der Waals surface area contributed by atoms with E-state index in [0.29, 0.717) is 0 Å². The molecule has 15 nitrogen and oxygen atoms in total. The first-order valence-electron chi connectivity index (χ1n) is 15.7. The molecule has 30 heteroatoms. The van der Waals surface area contributed by atoms with E-state index in [1.54, 1.807) is 6.55 Å². The monoisotopic (exact) mass is 902 g/mol. The summed E-state index contributed by atoms with van der Waals surface area (Å²) < 4.78 is 84.2. The van der Waals surface area contributed by atoms with Crippen LogP contribution in [0.2, 0.25) is 98.2 Å². The zero-order valence-corrected chi connectivity index (χ0v) is 47.5. The predicted octanol–water partition coefficient (Wildman–Crippen LogP) is -2.75. The van der Waals surface area contributed by atoms with Crippen LogP contribution in [0, 0.1) is 0 Å². The van der Waals surface area contributed by atoms with Crippen molar-refractivity contribution in [1.82, 2.24) is 0 Å². The molecule has 272 valence electrons. The van der Waals surface area contributed by atoms with Crippen LogP contribution in [0.3, 0.4) is 0 Å². The van der Waals surface area contributed by atoms with Gasteiger partial charge in [-0.1, -0.05) is 6.55 Å². The molecule has 1 N–H and O–H groups in total. The molecule has 14 atom stereocenters. The summed E-state index contributed by atoms with van der Waals surface area (Å²) in [7, 11) is -26.7. The van der Waals surface area contributed by atoms with Gasteiger partial charge < -0.3 is 62.4 Å². The number of hydrogen-bond donors (Lipinski definition) is 1. The highest BCUT2D eigenvalue weighted by molar-refractivity contribution is 6.73. The average Bonchev–Trinajstić information content (AvgIpc) is 2.81. The summed E-state index contributed by atoms with van der Waals surface area (Å²) in [6.07, 6.45) is 0. The van der Waals surface area contributed by atoms with Crippen LogP contribution in [0.1, 0.15) is 0 Å². The maximum absolute atomic E-state index is 9.48. The van der Waals surface area contributed by atoms with Crippen LogP contribution in [-0.2, 0) is 57.6 Å². The van der Waals surface area contributed by atoms with E-state index in [1.165, 1.54) is 0 Å². The smallest absolute Gasteiger partial charge is 0.306 e. The summed E-state index contributed by atoms with van der Waals surface area (Å²) in [5, 5.41) is 0. The molecule has 0 aromatic carbocycles. The number of rotatable bonds is 28. The van der Waals surface area contributed by atoms with Gasteiger partial charge in [0.2, 0.25) is 0 Å². The maximum atomic E-state index is 9.48. The lowest BCUT2D eigenvalue weighted by Gasteiger charge is -2.27. The normalized spacial score (nSPS) is 22.1. The average molecular weight is 904 g/mol. The molecule has 0 saturated carbocycles. The van der Waals surface area contributed by atoms with Crippen LogP contribution >= 0.6 is 0 Å². The van der Waals surface area contributed by atoms with Gasteiger partial charge in [0.15, 0.2) is 0 Å². The minimum Gasteiger partial charge on any atom is -0.444 e. The van der Waals surface area contributed by atoms with Crippen molar-refractivity contribution in [2.75, 3.05) is 0 Å². The molecule has 0 rings (SSSR count). The summed E-state index contributed by atoms with van der Waals surface area (Å²) in [6.45, 7) is 29.8. The van der Waals surface area contributed by atoms with Crippen molar-refractivity contribution in [3.63, 3.8) is 0 Å². The summed E-state index contributed by atoms with van der Waals surface area (Å²) >= 11 is 0. The molecule has 0 bridgehead atoms. The topological polar surface area (TPSA) is 149 Å². The lowest BCUT2D eigenvalue weighted by atomic mass is 11.9. The Morgan fingerprint density at radius 3 is 0.600 bits per heavy atom. The van der Waals surface area contributed by atoms with E-state index < -0.39 is 140 Å². The van der Waals surface area contributed by atoms with Crippen LogP contribution in [0.5, 0.6) is 0 Å². The van der Waals surface area contributed by atoms with Gasteiger partial charge in [-0.3, -0.25) is 0 Å². The lowest BCUT2D eigenvalue weighted by molar-refractivity contribution is 0.305. The van der Waals surface area contributed by atoms with E-state index in [1.807, 2.05) is 78.6 Å². The molecular formula is C15H62O15Si15. The highest BCUT2D eigenvalue weighted by Crippen LogP contribution is 2.08. The van der Waals surface area contributed by atoms with Gasteiger partial charge in [0.05, 0.1) is 0 Å². The molecule has 0 aliphatic carbocycles. The second kappa shape index (κ2) is 27.3. The Kier molecular flexibility index (Phi) is 28.9. The van der Waals surface area contributed by atoms with E-state index in [0.717, 1.165) is 0 Å². The molecule has 0 aromatic rings. The van der Waals surface area contributed by atoms with Crippen molar-refractivity contribution in [2.45, 2.75) is 98.2 Å². The van der Waals surface area contributed by atoms with Crippen molar-refractivity contribution in [3.8, 4) is 0 Å². The highest BCUT2D eigenvalue weighted by Gasteiger charge is 2.27. The lowest BCUT2D eigenvalue weighted by Crippen LogP contribution is -2.43. The molecule has 0 fully saturated rings. The van der Waals surface area contributed by atoms with Gasteiger partial charge in [-0.2, -0.15) is 0 Å². The second-order valence-corrected chi connectivity index (χ2v) is 42.2. The molecule has 0 radical (unpaired) electrons. The quantitative estimate of drug-likeness (QED) is 0.0809. The molecular weight excluding hydrogens is 841 g/mol. The van der Waals surface area contributed by atoms with E-state index in [-0.39, 0.29) is 0 Å². The zero-order chi connectivity index (χ0) is 34.7. The highest BCUT2D eigenvalue weighted by atomic mass is 28.5. The Labute approximate surface area is 298 Å². The first kappa shape index (κ1) is 47.7. The Hall–Kier alpha value is 2.65. The SMILES string of the molecule is C[SiH2]O[SiH](C)O[SiH](C)O[SiH](C)O[SiH](C)O[SiH](C)O[SiH](C)O[SiH](C)O[SiH](C)O[SiH](C)O[SiH](C)O[SiH](C)O[SiH](C)O[SiH](C)O[SiH](C)O. The molecule has 0 aromatic heterocycles. The van der Waals surface area contributed by atoms with Gasteiger partial charge in [0.25, 0.3) is 121 Å². The Balaban J connectivity index is 4.32. The molecule has 14 unspecified atom stereocenters. The van der Waals surface area contributed by atoms with Gasteiger partial charge in [0.1, 0.15) is 9.76 Å².